The third-order valence-corrected chi connectivity index (χ3v) is 5.01. The van der Waals surface area contributed by atoms with Crippen LogP contribution in [0.15, 0.2) is 0 Å². The van der Waals surface area contributed by atoms with Crippen molar-refractivity contribution < 1.29 is 4.79 Å². The van der Waals surface area contributed by atoms with E-state index in [2.05, 4.69) is 23.6 Å². The van der Waals surface area contributed by atoms with Crippen LogP contribution < -0.4 is 5.73 Å². The Kier molecular flexibility index (Phi) is 5.44. The molecule has 0 aromatic rings. The summed E-state index contributed by atoms with van der Waals surface area (Å²) < 4.78 is 0. The standard InChI is InChI=1S/C16H31N3O/c1-16(2,8-9-17)7-5-15(20)19-12-6-14(13-19)18-10-3-4-11-18/h14H,3-13,17H2,1-2H3. The lowest BCUT2D eigenvalue weighted by molar-refractivity contribution is -0.130. The van der Waals surface area contributed by atoms with Gasteiger partial charge in [-0.2, -0.15) is 0 Å². The third kappa shape index (κ3) is 4.19. The molecule has 20 heavy (non-hydrogen) atoms. The maximum atomic E-state index is 12.3. The first-order valence-corrected chi connectivity index (χ1v) is 8.24. The molecular formula is C16H31N3O. The minimum Gasteiger partial charge on any atom is -0.341 e. The van der Waals surface area contributed by atoms with Crippen molar-refractivity contribution in [2.24, 2.45) is 11.1 Å². The monoisotopic (exact) mass is 281 g/mol. The van der Waals surface area contributed by atoms with Crippen molar-refractivity contribution in [2.75, 3.05) is 32.7 Å². The van der Waals surface area contributed by atoms with Crippen molar-refractivity contribution >= 4 is 5.91 Å². The van der Waals surface area contributed by atoms with E-state index >= 15 is 0 Å². The number of nitrogens with zero attached hydrogens (tertiary/aromatic N) is 2. The molecule has 2 heterocycles. The Bertz CT molecular complexity index is 324. The molecule has 0 aliphatic carbocycles. The van der Waals surface area contributed by atoms with Gasteiger partial charge in [-0.25, -0.2) is 0 Å². The van der Waals surface area contributed by atoms with Crippen LogP contribution in [0.3, 0.4) is 0 Å². The van der Waals surface area contributed by atoms with Gasteiger partial charge in [-0.05, 0) is 57.2 Å². The molecule has 2 N–H and O–H groups in total. The average Bonchev–Trinajstić information content (AvgIpc) is 3.06. The highest BCUT2D eigenvalue weighted by molar-refractivity contribution is 5.76. The van der Waals surface area contributed by atoms with Crippen molar-refractivity contribution in [3.63, 3.8) is 0 Å². The maximum absolute atomic E-state index is 12.3. The number of amides is 1. The number of rotatable bonds is 6. The molecule has 0 aromatic carbocycles. The molecule has 2 fully saturated rings. The van der Waals surface area contributed by atoms with Gasteiger partial charge in [0.15, 0.2) is 0 Å². The summed E-state index contributed by atoms with van der Waals surface area (Å²) in [6.07, 6.45) is 6.46. The fourth-order valence-electron chi connectivity index (χ4n) is 3.49. The lowest BCUT2D eigenvalue weighted by atomic mass is 9.84. The summed E-state index contributed by atoms with van der Waals surface area (Å²) in [4.78, 5) is 17.0. The van der Waals surface area contributed by atoms with Crippen LogP contribution in [0.1, 0.15) is 52.4 Å². The van der Waals surface area contributed by atoms with Crippen LogP contribution in [0.4, 0.5) is 0 Å². The summed E-state index contributed by atoms with van der Waals surface area (Å²) in [5, 5.41) is 0. The molecule has 116 valence electrons. The second-order valence-corrected chi connectivity index (χ2v) is 7.23. The molecule has 1 atom stereocenters. The molecule has 0 radical (unpaired) electrons. The van der Waals surface area contributed by atoms with E-state index in [-0.39, 0.29) is 5.41 Å². The smallest absolute Gasteiger partial charge is 0.222 e. The Balaban J connectivity index is 1.73. The van der Waals surface area contributed by atoms with Gasteiger partial charge in [-0.1, -0.05) is 13.8 Å². The van der Waals surface area contributed by atoms with Gasteiger partial charge in [0.2, 0.25) is 5.91 Å². The molecular weight excluding hydrogens is 250 g/mol. The molecule has 2 aliphatic rings. The topological polar surface area (TPSA) is 49.6 Å². The van der Waals surface area contributed by atoms with Crippen molar-refractivity contribution in [2.45, 2.75) is 58.4 Å². The van der Waals surface area contributed by atoms with Gasteiger partial charge in [0.25, 0.3) is 0 Å². The zero-order valence-electron chi connectivity index (χ0n) is 13.2. The Morgan fingerprint density at radius 3 is 2.55 bits per heavy atom. The summed E-state index contributed by atoms with van der Waals surface area (Å²) in [5.74, 6) is 0.344. The van der Waals surface area contributed by atoms with Crippen molar-refractivity contribution in [3.05, 3.63) is 0 Å². The summed E-state index contributed by atoms with van der Waals surface area (Å²) >= 11 is 0. The minimum atomic E-state index is 0.193. The fourth-order valence-corrected chi connectivity index (χ4v) is 3.49. The Morgan fingerprint density at radius 1 is 1.20 bits per heavy atom. The molecule has 1 amide bonds. The van der Waals surface area contributed by atoms with E-state index in [1.165, 1.54) is 25.9 Å². The van der Waals surface area contributed by atoms with Gasteiger partial charge in [-0.3, -0.25) is 9.69 Å². The minimum absolute atomic E-state index is 0.193. The van der Waals surface area contributed by atoms with Gasteiger partial charge in [0, 0.05) is 25.6 Å². The summed E-state index contributed by atoms with van der Waals surface area (Å²) in [5.41, 5.74) is 5.82. The first-order chi connectivity index (χ1) is 9.52. The van der Waals surface area contributed by atoms with Crippen LogP contribution in [0.5, 0.6) is 0 Å². The van der Waals surface area contributed by atoms with E-state index in [4.69, 9.17) is 5.73 Å². The molecule has 1 unspecified atom stereocenters. The number of carbonyl (C=O) groups excluding carboxylic acids is 1. The predicted octanol–water partition coefficient (Wildman–Crippen LogP) is 1.84. The van der Waals surface area contributed by atoms with E-state index < -0.39 is 0 Å². The second kappa shape index (κ2) is 6.90. The number of nitrogens with two attached hydrogens (primary N) is 1. The highest BCUT2D eigenvalue weighted by Crippen LogP contribution is 2.27. The highest BCUT2D eigenvalue weighted by atomic mass is 16.2. The number of likely N-dealkylation sites (tertiary alicyclic amines) is 2. The SMILES string of the molecule is CC(C)(CCN)CCC(=O)N1CCC(N2CCCC2)C1. The van der Waals surface area contributed by atoms with Crippen LogP contribution in [-0.2, 0) is 4.79 Å². The van der Waals surface area contributed by atoms with E-state index in [9.17, 15) is 4.79 Å². The predicted molar refractivity (Wildman–Crippen MR) is 82.5 cm³/mol. The molecule has 4 heteroatoms. The normalized spacial score (nSPS) is 24.6. The molecule has 2 saturated heterocycles. The van der Waals surface area contributed by atoms with Gasteiger partial charge >= 0.3 is 0 Å². The quantitative estimate of drug-likeness (QED) is 0.808. The Morgan fingerprint density at radius 2 is 1.90 bits per heavy atom. The van der Waals surface area contributed by atoms with Crippen molar-refractivity contribution in [1.29, 1.82) is 0 Å². The van der Waals surface area contributed by atoms with Crippen LogP contribution in [0.25, 0.3) is 0 Å². The lowest BCUT2D eigenvalue weighted by Crippen LogP contribution is -2.37. The lowest BCUT2D eigenvalue weighted by Gasteiger charge is -2.26. The maximum Gasteiger partial charge on any atom is 0.222 e. The van der Waals surface area contributed by atoms with E-state index in [1.807, 2.05) is 0 Å². The second-order valence-electron chi connectivity index (χ2n) is 7.23. The molecule has 4 nitrogen and oxygen atoms in total. The largest absolute Gasteiger partial charge is 0.341 e. The van der Waals surface area contributed by atoms with Crippen LogP contribution in [0.2, 0.25) is 0 Å². The number of hydrogen-bond acceptors (Lipinski definition) is 3. The zero-order valence-corrected chi connectivity index (χ0v) is 13.2. The molecule has 0 spiro atoms. The van der Waals surface area contributed by atoms with Crippen LogP contribution in [0, 0.1) is 5.41 Å². The average molecular weight is 281 g/mol. The van der Waals surface area contributed by atoms with Gasteiger partial charge in [0.05, 0.1) is 0 Å². The third-order valence-electron chi connectivity index (χ3n) is 5.01. The molecule has 2 rings (SSSR count). The molecule has 0 bridgehead atoms. The molecule has 0 aromatic heterocycles. The zero-order chi connectivity index (χ0) is 14.6. The first-order valence-electron chi connectivity index (χ1n) is 8.24. The van der Waals surface area contributed by atoms with E-state index in [1.54, 1.807) is 0 Å². The Hall–Kier alpha value is -0.610. The summed E-state index contributed by atoms with van der Waals surface area (Å²) in [6.45, 7) is 9.51. The van der Waals surface area contributed by atoms with Gasteiger partial charge in [0.1, 0.15) is 0 Å². The fraction of sp³-hybridized carbons (Fsp3) is 0.938. The molecule has 0 saturated carbocycles. The summed E-state index contributed by atoms with van der Waals surface area (Å²) in [7, 11) is 0. The van der Waals surface area contributed by atoms with Crippen LogP contribution in [-0.4, -0.2) is 54.5 Å². The Labute approximate surface area is 123 Å². The van der Waals surface area contributed by atoms with Gasteiger partial charge in [-0.15, -0.1) is 0 Å². The number of hydrogen-bond donors (Lipinski definition) is 1. The van der Waals surface area contributed by atoms with E-state index in [0.717, 1.165) is 32.4 Å². The first kappa shape index (κ1) is 15.8. The van der Waals surface area contributed by atoms with Gasteiger partial charge < -0.3 is 10.6 Å². The summed E-state index contributed by atoms with van der Waals surface area (Å²) in [6, 6.07) is 0.624. The van der Waals surface area contributed by atoms with Crippen molar-refractivity contribution in [1.82, 2.24) is 9.80 Å². The van der Waals surface area contributed by atoms with E-state index in [0.29, 0.717) is 24.9 Å². The molecule has 2 aliphatic heterocycles. The van der Waals surface area contributed by atoms with Crippen molar-refractivity contribution in [3.8, 4) is 0 Å². The highest BCUT2D eigenvalue weighted by Gasteiger charge is 2.31. The number of carbonyl (C=O) groups is 1. The van der Waals surface area contributed by atoms with Crippen LogP contribution >= 0.6 is 0 Å².